The van der Waals surface area contributed by atoms with Crippen LogP contribution in [0.3, 0.4) is 0 Å². The highest BCUT2D eigenvalue weighted by molar-refractivity contribution is 7.98. The fourth-order valence-electron chi connectivity index (χ4n) is 1.64. The van der Waals surface area contributed by atoms with Crippen LogP contribution < -0.4 is 10.1 Å². The average molecular weight is 260 g/mol. The summed E-state index contributed by atoms with van der Waals surface area (Å²) in [5.74, 6) is 1.48. The maximum Gasteiger partial charge on any atom is 0.219 e. The molecule has 2 aromatic rings. The van der Waals surface area contributed by atoms with Crippen molar-refractivity contribution in [1.82, 2.24) is 10.3 Å². The van der Waals surface area contributed by atoms with Gasteiger partial charge in [-0.05, 0) is 37.1 Å². The number of nitrogens with one attached hydrogen (secondary N) is 1. The number of benzene rings is 1. The summed E-state index contributed by atoms with van der Waals surface area (Å²) < 4.78 is 5.83. The monoisotopic (exact) mass is 260 g/mol. The molecule has 0 aliphatic heterocycles. The molecule has 1 heterocycles. The number of aromatic nitrogens is 1. The number of nitrogens with zero attached hydrogens (tertiary/aromatic N) is 1. The summed E-state index contributed by atoms with van der Waals surface area (Å²) in [7, 11) is 1.92. The fraction of sp³-hybridized carbons (Fsp3) is 0.214. The van der Waals surface area contributed by atoms with Crippen molar-refractivity contribution in [2.75, 3.05) is 13.3 Å². The van der Waals surface area contributed by atoms with Crippen LogP contribution >= 0.6 is 11.8 Å². The topological polar surface area (TPSA) is 34.2 Å². The van der Waals surface area contributed by atoms with Gasteiger partial charge in [0.25, 0.3) is 0 Å². The SMILES string of the molecule is CNCc1ccnc(Oc2ccccc2SC)c1. The van der Waals surface area contributed by atoms with Crippen LogP contribution in [0, 0.1) is 0 Å². The molecule has 0 aliphatic rings. The van der Waals surface area contributed by atoms with E-state index in [1.165, 1.54) is 0 Å². The highest BCUT2D eigenvalue weighted by Crippen LogP contribution is 2.30. The molecule has 0 spiro atoms. The van der Waals surface area contributed by atoms with Gasteiger partial charge in [-0.2, -0.15) is 0 Å². The van der Waals surface area contributed by atoms with Crippen molar-refractivity contribution in [3.8, 4) is 11.6 Å². The first kappa shape index (κ1) is 12.9. The molecule has 0 aliphatic carbocycles. The number of para-hydroxylation sites is 1. The minimum absolute atomic E-state index is 0.629. The van der Waals surface area contributed by atoms with Crippen LogP contribution in [-0.2, 0) is 6.54 Å². The van der Waals surface area contributed by atoms with Gasteiger partial charge >= 0.3 is 0 Å². The maximum atomic E-state index is 5.83. The van der Waals surface area contributed by atoms with Crippen molar-refractivity contribution < 1.29 is 4.74 Å². The van der Waals surface area contributed by atoms with E-state index < -0.39 is 0 Å². The largest absolute Gasteiger partial charge is 0.438 e. The third-order valence-corrected chi connectivity index (χ3v) is 3.24. The first-order chi connectivity index (χ1) is 8.83. The van der Waals surface area contributed by atoms with E-state index in [0.29, 0.717) is 5.88 Å². The van der Waals surface area contributed by atoms with E-state index in [2.05, 4.69) is 10.3 Å². The maximum absolute atomic E-state index is 5.83. The van der Waals surface area contributed by atoms with E-state index in [0.717, 1.165) is 22.8 Å². The van der Waals surface area contributed by atoms with Crippen molar-refractivity contribution >= 4 is 11.8 Å². The second-order valence-electron chi connectivity index (χ2n) is 3.79. The quantitative estimate of drug-likeness (QED) is 0.836. The van der Waals surface area contributed by atoms with Gasteiger partial charge in [-0.15, -0.1) is 11.8 Å². The van der Waals surface area contributed by atoms with Gasteiger partial charge in [-0.3, -0.25) is 0 Å². The van der Waals surface area contributed by atoms with E-state index in [-0.39, 0.29) is 0 Å². The highest BCUT2D eigenvalue weighted by Gasteiger charge is 2.04. The van der Waals surface area contributed by atoms with Crippen molar-refractivity contribution in [2.24, 2.45) is 0 Å². The third kappa shape index (κ3) is 3.24. The van der Waals surface area contributed by atoms with Crippen molar-refractivity contribution in [3.05, 3.63) is 48.2 Å². The minimum Gasteiger partial charge on any atom is -0.438 e. The Kier molecular flexibility index (Phi) is 4.61. The first-order valence-corrected chi connectivity index (χ1v) is 6.96. The first-order valence-electron chi connectivity index (χ1n) is 5.74. The van der Waals surface area contributed by atoms with E-state index >= 15 is 0 Å². The van der Waals surface area contributed by atoms with Crippen LogP contribution in [0.15, 0.2) is 47.5 Å². The molecule has 3 nitrogen and oxygen atoms in total. The lowest BCUT2D eigenvalue weighted by Gasteiger charge is -2.09. The number of pyridine rings is 1. The summed E-state index contributed by atoms with van der Waals surface area (Å²) in [6.45, 7) is 0.809. The molecule has 2 rings (SSSR count). The molecule has 4 heteroatoms. The molecule has 94 valence electrons. The summed E-state index contributed by atoms with van der Waals surface area (Å²) in [5, 5.41) is 3.11. The molecule has 0 unspecified atom stereocenters. The van der Waals surface area contributed by atoms with Gasteiger partial charge in [0.15, 0.2) is 0 Å². The second kappa shape index (κ2) is 6.42. The van der Waals surface area contributed by atoms with Gasteiger partial charge in [-0.1, -0.05) is 12.1 Å². The molecule has 0 radical (unpaired) electrons. The van der Waals surface area contributed by atoms with E-state index in [9.17, 15) is 0 Å². The molecule has 0 fully saturated rings. The highest BCUT2D eigenvalue weighted by atomic mass is 32.2. The van der Waals surface area contributed by atoms with Gasteiger partial charge in [-0.25, -0.2) is 4.98 Å². The van der Waals surface area contributed by atoms with Crippen LogP contribution in [0.2, 0.25) is 0 Å². The number of rotatable bonds is 5. The molecular formula is C14H16N2OS. The molecule has 0 atom stereocenters. The predicted molar refractivity (Wildman–Crippen MR) is 75.3 cm³/mol. The van der Waals surface area contributed by atoms with Crippen LogP contribution in [0.1, 0.15) is 5.56 Å². The number of hydrogen-bond donors (Lipinski definition) is 1. The summed E-state index contributed by atoms with van der Waals surface area (Å²) in [6, 6.07) is 11.9. The van der Waals surface area contributed by atoms with Gasteiger partial charge in [0.05, 0.1) is 0 Å². The lowest BCUT2D eigenvalue weighted by molar-refractivity contribution is 0.451. The summed E-state index contributed by atoms with van der Waals surface area (Å²) >= 11 is 1.66. The molecular weight excluding hydrogens is 244 g/mol. The Hall–Kier alpha value is -1.52. The van der Waals surface area contributed by atoms with Gasteiger partial charge in [0.1, 0.15) is 5.75 Å². The Morgan fingerprint density at radius 2 is 2.11 bits per heavy atom. The third-order valence-electron chi connectivity index (χ3n) is 2.46. The van der Waals surface area contributed by atoms with Crippen LogP contribution in [0.5, 0.6) is 11.6 Å². The molecule has 1 aromatic heterocycles. The summed E-state index contributed by atoms with van der Waals surface area (Å²) in [5.41, 5.74) is 1.16. The lowest BCUT2D eigenvalue weighted by Crippen LogP contribution is -2.05. The van der Waals surface area contributed by atoms with Crippen molar-refractivity contribution in [3.63, 3.8) is 0 Å². The van der Waals surface area contributed by atoms with Crippen LogP contribution in [0.4, 0.5) is 0 Å². The molecule has 0 saturated carbocycles. The zero-order valence-electron chi connectivity index (χ0n) is 10.5. The van der Waals surface area contributed by atoms with E-state index in [4.69, 9.17) is 4.74 Å². The van der Waals surface area contributed by atoms with E-state index in [1.807, 2.05) is 49.7 Å². The Bertz CT molecular complexity index is 517. The molecule has 1 N–H and O–H groups in total. The smallest absolute Gasteiger partial charge is 0.219 e. The standard InChI is InChI=1S/C14H16N2OS/c1-15-10-11-7-8-16-14(9-11)17-12-5-3-4-6-13(12)18-2/h3-9,15H,10H2,1-2H3. The summed E-state index contributed by atoms with van der Waals surface area (Å²) in [4.78, 5) is 5.34. The predicted octanol–water partition coefficient (Wildman–Crippen LogP) is 3.32. The van der Waals surface area contributed by atoms with E-state index in [1.54, 1.807) is 18.0 Å². The van der Waals surface area contributed by atoms with Crippen LogP contribution in [0.25, 0.3) is 0 Å². The molecule has 0 saturated heterocycles. The second-order valence-corrected chi connectivity index (χ2v) is 4.63. The number of thioether (sulfide) groups is 1. The molecule has 0 amide bonds. The zero-order chi connectivity index (χ0) is 12.8. The number of ether oxygens (including phenoxy) is 1. The molecule has 0 bridgehead atoms. The van der Waals surface area contributed by atoms with Crippen molar-refractivity contribution in [2.45, 2.75) is 11.4 Å². The van der Waals surface area contributed by atoms with Gasteiger partial charge < -0.3 is 10.1 Å². The Morgan fingerprint density at radius 3 is 2.89 bits per heavy atom. The number of hydrogen-bond acceptors (Lipinski definition) is 4. The fourth-order valence-corrected chi connectivity index (χ4v) is 2.16. The van der Waals surface area contributed by atoms with Crippen LogP contribution in [-0.4, -0.2) is 18.3 Å². The molecule has 18 heavy (non-hydrogen) atoms. The zero-order valence-corrected chi connectivity index (χ0v) is 11.3. The Balaban J connectivity index is 2.20. The normalized spacial score (nSPS) is 10.3. The van der Waals surface area contributed by atoms with Gasteiger partial charge in [0, 0.05) is 23.7 Å². The minimum atomic E-state index is 0.629. The summed E-state index contributed by atoms with van der Waals surface area (Å²) in [6.07, 6.45) is 3.80. The Labute approximate surface area is 112 Å². The lowest BCUT2D eigenvalue weighted by atomic mass is 10.2. The van der Waals surface area contributed by atoms with Gasteiger partial charge in [0.2, 0.25) is 5.88 Å². The Morgan fingerprint density at radius 1 is 1.28 bits per heavy atom. The van der Waals surface area contributed by atoms with Crippen molar-refractivity contribution in [1.29, 1.82) is 0 Å². The molecule has 1 aromatic carbocycles. The average Bonchev–Trinajstić information content (AvgIpc) is 2.40.